The maximum Gasteiger partial charge on any atom is 0.351 e. The van der Waals surface area contributed by atoms with Gasteiger partial charge in [0.2, 0.25) is 0 Å². The first-order valence-corrected chi connectivity index (χ1v) is 10.2. The molecule has 1 aliphatic heterocycles. The van der Waals surface area contributed by atoms with Gasteiger partial charge in [0, 0.05) is 30.2 Å². The van der Waals surface area contributed by atoms with E-state index in [1.54, 1.807) is 26.6 Å². The van der Waals surface area contributed by atoms with Gasteiger partial charge in [0.15, 0.2) is 5.65 Å². The minimum atomic E-state index is -0.0872. The van der Waals surface area contributed by atoms with Crippen molar-refractivity contribution in [1.82, 2.24) is 24.1 Å². The lowest BCUT2D eigenvalue weighted by Crippen LogP contribution is -2.37. The number of hydrogen-bond donors (Lipinski definition) is 0. The number of piperidine rings is 1. The number of rotatable bonds is 3. The molecule has 0 bridgehead atoms. The first-order chi connectivity index (χ1) is 13.2. The Bertz CT molecular complexity index is 1170. The van der Waals surface area contributed by atoms with Crippen molar-refractivity contribution in [1.29, 1.82) is 0 Å². The van der Waals surface area contributed by atoms with Gasteiger partial charge in [-0.25, -0.2) is 9.78 Å². The first-order valence-electron chi connectivity index (χ1n) is 9.00. The predicted octanol–water partition coefficient (Wildman–Crippen LogP) is 3.60. The lowest BCUT2D eigenvalue weighted by atomic mass is 9.98. The van der Waals surface area contributed by atoms with Crippen LogP contribution in [0.2, 0.25) is 5.02 Å². The number of hydrogen-bond acceptors (Lipinski definition) is 5. The zero-order valence-corrected chi connectivity index (χ0v) is 16.2. The minimum Gasteiger partial charge on any atom is -0.284 e. The number of nitrogens with zero attached hydrogens (tertiary/aromatic N) is 5. The van der Waals surface area contributed by atoms with Gasteiger partial charge in [-0.1, -0.05) is 17.7 Å². The fraction of sp³-hybridized carbons (Fsp3) is 0.316. The van der Waals surface area contributed by atoms with Crippen LogP contribution in [-0.2, 0) is 6.67 Å². The molecule has 0 spiro atoms. The number of pyridine rings is 1. The van der Waals surface area contributed by atoms with Gasteiger partial charge in [-0.2, -0.15) is 4.68 Å². The molecular formula is C19H18ClN5OS. The summed E-state index contributed by atoms with van der Waals surface area (Å²) in [6.07, 6.45) is 3.83. The van der Waals surface area contributed by atoms with Gasteiger partial charge in [0.25, 0.3) is 0 Å². The van der Waals surface area contributed by atoms with Crippen molar-refractivity contribution in [3.63, 3.8) is 0 Å². The number of aromatic nitrogens is 4. The molecule has 1 fully saturated rings. The summed E-state index contributed by atoms with van der Waals surface area (Å²) in [6.45, 7) is 2.39. The van der Waals surface area contributed by atoms with Crippen molar-refractivity contribution >= 4 is 38.8 Å². The molecule has 0 aliphatic carbocycles. The van der Waals surface area contributed by atoms with Crippen LogP contribution in [0.15, 0.2) is 47.4 Å². The van der Waals surface area contributed by atoms with Crippen LogP contribution in [0.25, 0.3) is 15.9 Å². The third-order valence-electron chi connectivity index (χ3n) is 5.13. The lowest BCUT2D eigenvalue weighted by Gasteiger charge is -2.30. The fourth-order valence-electron chi connectivity index (χ4n) is 3.66. The zero-order valence-electron chi connectivity index (χ0n) is 14.6. The SMILES string of the molecule is O=c1n(CN2CCC(c3nc4cc(Cl)ccc4s3)CC2)nc2ccccn12. The molecule has 3 aromatic heterocycles. The summed E-state index contributed by atoms with van der Waals surface area (Å²) < 4.78 is 4.32. The van der Waals surface area contributed by atoms with E-state index >= 15 is 0 Å². The van der Waals surface area contributed by atoms with Gasteiger partial charge in [0.05, 0.1) is 21.9 Å². The molecule has 27 heavy (non-hydrogen) atoms. The van der Waals surface area contributed by atoms with Gasteiger partial charge in [-0.05, 0) is 43.2 Å². The van der Waals surface area contributed by atoms with Crippen LogP contribution in [0.5, 0.6) is 0 Å². The molecule has 0 radical (unpaired) electrons. The quantitative estimate of drug-likeness (QED) is 0.528. The molecule has 4 heterocycles. The Labute approximate surface area is 164 Å². The number of fused-ring (bicyclic) bond motifs is 2. The maximum absolute atomic E-state index is 12.4. The van der Waals surface area contributed by atoms with E-state index in [-0.39, 0.29) is 5.69 Å². The van der Waals surface area contributed by atoms with Crippen LogP contribution in [0, 0.1) is 0 Å². The largest absolute Gasteiger partial charge is 0.351 e. The summed E-state index contributed by atoms with van der Waals surface area (Å²) >= 11 is 7.84. The molecular weight excluding hydrogens is 382 g/mol. The van der Waals surface area contributed by atoms with E-state index < -0.39 is 0 Å². The van der Waals surface area contributed by atoms with Crippen LogP contribution in [0.1, 0.15) is 23.8 Å². The zero-order chi connectivity index (χ0) is 18.4. The van der Waals surface area contributed by atoms with Gasteiger partial charge in [0.1, 0.15) is 0 Å². The monoisotopic (exact) mass is 399 g/mol. The van der Waals surface area contributed by atoms with Crippen molar-refractivity contribution in [2.75, 3.05) is 13.1 Å². The molecule has 0 atom stereocenters. The Morgan fingerprint density at radius 3 is 2.85 bits per heavy atom. The molecule has 0 amide bonds. The normalized spacial score (nSPS) is 16.5. The van der Waals surface area contributed by atoms with Crippen molar-refractivity contribution < 1.29 is 0 Å². The van der Waals surface area contributed by atoms with Crippen molar-refractivity contribution in [3.05, 3.63) is 63.1 Å². The van der Waals surface area contributed by atoms with Crippen molar-refractivity contribution in [2.24, 2.45) is 0 Å². The number of thiazole rings is 1. The second-order valence-corrected chi connectivity index (χ2v) is 8.41. The molecule has 1 saturated heterocycles. The number of halogens is 1. The Morgan fingerprint density at radius 1 is 1.19 bits per heavy atom. The van der Waals surface area contributed by atoms with Gasteiger partial charge in [-0.15, -0.1) is 16.4 Å². The summed E-state index contributed by atoms with van der Waals surface area (Å²) in [4.78, 5) is 19.5. The molecule has 6 nitrogen and oxygen atoms in total. The van der Waals surface area contributed by atoms with Gasteiger partial charge >= 0.3 is 5.69 Å². The number of benzene rings is 1. The summed E-state index contributed by atoms with van der Waals surface area (Å²) in [7, 11) is 0. The Morgan fingerprint density at radius 2 is 2.04 bits per heavy atom. The van der Waals surface area contributed by atoms with Crippen molar-refractivity contribution in [3.8, 4) is 0 Å². The Kier molecular flexibility index (Phi) is 4.22. The predicted molar refractivity (Wildman–Crippen MR) is 108 cm³/mol. The summed E-state index contributed by atoms with van der Waals surface area (Å²) in [5.41, 5.74) is 1.59. The topological polar surface area (TPSA) is 55.4 Å². The van der Waals surface area contributed by atoms with E-state index in [4.69, 9.17) is 16.6 Å². The maximum atomic E-state index is 12.4. The molecule has 0 saturated carbocycles. The lowest BCUT2D eigenvalue weighted by molar-refractivity contribution is 0.159. The van der Waals surface area contributed by atoms with Crippen LogP contribution in [-0.4, -0.2) is 37.2 Å². The second kappa shape index (κ2) is 6.74. The van der Waals surface area contributed by atoms with E-state index in [1.165, 1.54) is 9.71 Å². The van der Waals surface area contributed by atoms with E-state index in [0.717, 1.165) is 36.5 Å². The average Bonchev–Trinajstić information content (AvgIpc) is 3.24. The van der Waals surface area contributed by atoms with Crippen LogP contribution in [0.3, 0.4) is 0 Å². The minimum absolute atomic E-state index is 0.0872. The van der Waals surface area contributed by atoms with Crippen molar-refractivity contribution in [2.45, 2.75) is 25.4 Å². The Balaban J connectivity index is 1.29. The molecule has 4 aromatic rings. The third-order valence-corrected chi connectivity index (χ3v) is 6.56. The highest BCUT2D eigenvalue weighted by atomic mass is 35.5. The smallest absolute Gasteiger partial charge is 0.284 e. The first kappa shape index (κ1) is 16.9. The van der Waals surface area contributed by atoms with Crippen LogP contribution in [0.4, 0.5) is 0 Å². The van der Waals surface area contributed by atoms with Crippen LogP contribution < -0.4 is 5.69 Å². The molecule has 5 rings (SSSR count). The third kappa shape index (κ3) is 3.16. The second-order valence-electron chi connectivity index (χ2n) is 6.91. The highest BCUT2D eigenvalue weighted by molar-refractivity contribution is 7.18. The molecule has 0 unspecified atom stereocenters. The summed E-state index contributed by atoms with van der Waals surface area (Å²) in [5, 5.41) is 6.34. The molecule has 138 valence electrons. The van der Waals surface area contributed by atoms with E-state index in [9.17, 15) is 4.79 Å². The summed E-state index contributed by atoms with van der Waals surface area (Å²) in [5.74, 6) is 0.468. The van der Waals surface area contributed by atoms with E-state index in [2.05, 4.69) is 10.00 Å². The van der Waals surface area contributed by atoms with E-state index in [0.29, 0.717) is 18.2 Å². The van der Waals surface area contributed by atoms with Gasteiger partial charge < -0.3 is 0 Å². The molecule has 8 heteroatoms. The van der Waals surface area contributed by atoms with Gasteiger partial charge in [-0.3, -0.25) is 9.30 Å². The fourth-order valence-corrected chi connectivity index (χ4v) is 4.95. The highest BCUT2D eigenvalue weighted by Gasteiger charge is 2.24. The van der Waals surface area contributed by atoms with E-state index in [1.807, 2.05) is 36.4 Å². The molecule has 1 aliphatic rings. The Hall–Kier alpha value is -2.22. The average molecular weight is 400 g/mol. The number of likely N-dealkylation sites (tertiary alicyclic amines) is 1. The highest BCUT2D eigenvalue weighted by Crippen LogP contribution is 2.34. The molecule has 1 aromatic carbocycles. The van der Waals surface area contributed by atoms with Crippen LogP contribution >= 0.6 is 22.9 Å². The standard InChI is InChI=1S/C19H18ClN5OS/c20-14-4-5-16-15(11-14)21-18(27-16)13-6-9-23(10-7-13)12-25-19(26)24-8-2-1-3-17(24)22-25/h1-5,8,11,13H,6-7,9-10,12H2. The summed E-state index contributed by atoms with van der Waals surface area (Å²) in [6, 6.07) is 11.5. The molecule has 0 N–H and O–H groups in total.